The summed E-state index contributed by atoms with van der Waals surface area (Å²) in [7, 11) is 0. The maximum atomic E-state index is 10.8. The van der Waals surface area contributed by atoms with Crippen LogP contribution in [0.25, 0.3) is 0 Å². The number of likely N-dealkylation sites (tertiary alicyclic amines) is 1. The van der Waals surface area contributed by atoms with Gasteiger partial charge in [0.15, 0.2) is 0 Å². The highest BCUT2D eigenvalue weighted by Crippen LogP contribution is 2.34. The molecule has 3 rings (SSSR count). The number of halogens is 1. The molecule has 1 fully saturated rings. The smallest absolute Gasteiger partial charge is 0.208 e. The van der Waals surface area contributed by atoms with Gasteiger partial charge < -0.3 is 9.52 Å². The molecule has 20 heavy (non-hydrogen) atoms. The summed E-state index contributed by atoms with van der Waals surface area (Å²) in [6.45, 7) is 2.31. The lowest BCUT2D eigenvalue weighted by Crippen LogP contribution is -2.42. The zero-order chi connectivity index (χ0) is 14.0. The quantitative estimate of drug-likeness (QED) is 0.945. The van der Waals surface area contributed by atoms with Gasteiger partial charge in [0.1, 0.15) is 6.26 Å². The third kappa shape index (κ3) is 2.87. The Morgan fingerprint density at radius 2 is 2.15 bits per heavy atom. The van der Waals surface area contributed by atoms with E-state index in [0.29, 0.717) is 24.4 Å². The lowest BCUT2D eigenvalue weighted by Gasteiger charge is -2.38. The topological polar surface area (TPSA) is 49.5 Å². The van der Waals surface area contributed by atoms with Crippen molar-refractivity contribution < 1.29 is 9.52 Å². The Hall–Kier alpha value is -1.36. The second-order valence-corrected chi connectivity index (χ2v) is 5.68. The molecule has 1 saturated heterocycles. The fourth-order valence-corrected chi connectivity index (χ4v) is 2.86. The number of benzene rings is 1. The van der Waals surface area contributed by atoms with E-state index in [-0.39, 0.29) is 0 Å². The van der Waals surface area contributed by atoms with E-state index in [2.05, 4.69) is 9.88 Å². The summed E-state index contributed by atoms with van der Waals surface area (Å²) in [6.07, 6.45) is 4.62. The van der Waals surface area contributed by atoms with E-state index in [1.54, 1.807) is 12.5 Å². The van der Waals surface area contributed by atoms with Gasteiger partial charge in [-0.05, 0) is 30.5 Å². The molecule has 0 radical (unpaired) electrons. The fourth-order valence-electron chi connectivity index (χ4n) is 2.67. The van der Waals surface area contributed by atoms with Crippen LogP contribution in [0.2, 0.25) is 5.02 Å². The minimum absolute atomic E-state index is 0.665. The predicted octanol–water partition coefficient (Wildman–Crippen LogP) is 2.81. The minimum Gasteiger partial charge on any atom is -0.448 e. The van der Waals surface area contributed by atoms with Gasteiger partial charge in [0, 0.05) is 18.1 Å². The summed E-state index contributed by atoms with van der Waals surface area (Å²) >= 11 is 6.01. The first-order valence-corrected chi connectivity index (χ1v) is 7.13. The van der Waals surface area contributed by atoms with Gasteiger partial charge in [0.2, 0.25) is 5.89 Å². The number of nitrogens with zero attached hydrogens (tertiary/aromatic N) is 2. The molecule has 106 valence electrons. The first-order chi connectivity index (χ1) is 9.66. The van der Waals surface area contributed by atoms with Gasteiger partial charge in [0.25, 0.3) is 0 Å². The third-order valence-corrected chi connectivity index (χ3v) is 4.12. The molecule has 1 aromatic carbocycles. The lowest BCUT2D eigenvalue weighted by molar-refractivity contribution is -0.0292. The van der Waals surface area contributed by atoms with Crippen LogP contribution in [0.4, 0.5) is 0 Å². The van der Waals surface area contributed by atoms with Crippen molar-refractivity contribution in [1.29, 1.82) is 0 Å². The lowest BCUT2D eigenvalue weighted by atomic mass is 9.84. The number of piperidine rings is 1. The predicted molar refractivity (Wildman–Crippen MR) is 76.4 cm³/mol. The Labute approximate surface area is 123 Å². The average Bonchev–Trinajstić information content (AvgIpc) is 2.95. The second-order valence-electron chi connectivity index (χ2n) is 5.24. The number of aliphatic hydroxyl groups is 1. The molecule has 0 unspecified atom stereocenters. The molecule has 0 atom stereocenters. The largest absolute Gasteiger partial charge is 0.448 e. The first-order valence-electron chi connectivity index (χ1n) is 6.75. The fraction of sp³-hybridized carbons (Fsp3) is 0.400. The van der Waals surface area contributed by atoms with E-state index < -0.39 is 5.60 Å². The molecule has 0 amide bonds. The van der Waals surface area contributed by atoms with Crippen LogP contribution in [0.5, 0.6) is 0 Å². The molecule has 1 aliphatic heterocycles. The molecule has 1 N–H and O–H groups in total. The molecule has 2 aromatic rings. The number of aromatic nitrogens is 1. The van der Waals surface area contributed by atoms with Crippen LogP contribution in [-0.2, 0) is 12.1 Å². The molecular formula is C15H17ClN2O2. The summed E-state index contributed by atoms with van der Waals surface area (Å²) in [5.41, 5.74) is 0.124. The van der Waals surface area contributed by atoms with Crippen molar-refractivity contribution in [1.82, 2.24) is 9.88 Å². The highest BCUT2D eigenvalue weighted by atomic mass is 35.5. The van der Waals surface area contributed by atoms with Gasteiger partial charge in [-0.2, -0.15) is 0 Å². The van der Waals surface area contributed by atoms with E-state index in [9.17, 15) is 5.11 Å². The summed E-state index contributed by atoms with van der Waals surface area (Å²) in [6, 6.07) is 7.50. The van der Waals surface area contributed by atoms with E-state index in [4.69, 9.17) is 16.0 Å². The van der Waals surface area contributed by atoms with Crippen LogP contribution >= 0.6 is 11.6 Å². The third-order valence-electron chi connectivity index (χ3n) is 3.89. The van der Waals surface area contributed by atoms with Crippen molar-refractivity contribution in [3.8, 4) is 0 Å². The standard InChI is InChI=1S/C15H17ClN2O2/c16-13-3-1-2-12(10-13)15(19)4-7-18(8-5-15)11-14-17-6-9-20-14/h1-3,6,9-10,19H,4-5,7-8,11H2. The molecule has 4 nitrogen and oxygen atoms in total. The van der Waals surface area contributed by atoms with Crippen LogP contribution in [0.15, 0.2) is 41.1 Å². The highest BCUT2D eigenvalue weighted by Gasteiger charge is 2.34. The maximum absolute atomic E-state index is 10.8. The van der Waals surface area contributed by atoms with Crippen LogP contribution in [0, 0.1) is 0 Å². The van der Waals surface area contributed by atoms with E-state index in [0.717, 1.165) is 24.5 Å². The van der Waals surface area contributed by atoms with Crippen molar-refractivity contribution in [2.75, 3.05) is 13.1 Å². The Kier molecular flexibility index (Phi) is 3.78. The summed E-state index contributed by atoms with van der Waals surface area (Å²) < 4.78 is 5.26. The molecule has 0 spiro atoms. The van der Waals surface area contributed by atoms with Crippen molar-refractivity contribution in [3.05, 3.63) is 53.2 Å². The van der Waals surface area contributed by atoms with Crippen LogP contribution in [-0.4, -0.2) is 28.1 Å². The average molecular weight is 293 g/mol. The molecule has 0 aliphatic carbocycles. The first kappa shape index (κ1) is 13.6. The molecule has 0 saturated carbocycles. The number of oxazole rings is 1. The van der Waals surface area contributed by atoms with Crippen molar-refractivity contribution in [2.45, 2.75) is 25.0 Å². The molecule has 1 aliphatic rings. The van der Waals surface area contributed by atoms with Gasteiger partial charge in [0.05, 0.1) is 18.3 Å². The maximum Gasteiger partial charge on any atom is 0.208 e. The van der Waals surface area contributed by atoms with Gasteiger partial charge in [-0.25, -0.2) is 4.98 Å². The van der Waals surface area contributed by atoms with Crippen molar-refractivity contribution in [2.24, 2.45) is 0 Å². The van der Waals surface area contributed by atoms with Crippen LogP contribution < -0.4 is 0 Å². The second kappa shape index (κ2) is 5.56. The van der Waals surface area contributed by atoms with E-state index >= 15 is 0 Å². The summed E-state index contributed by atoms with van der Waals surface area (Å²) in [5, 5.41) is 11.5. The number of rotatable bonds is 3. The monoisotopic (exact) mass is 292 g/mol. The van der Waals surface area contributed by atoms with Gasteiger partial charge >= 0.3 is 0 Å². The summed E-state index contributed by atoms with van der Waals surface area (Å²) in [4.78, 5) is 6.37. The Morgan fingerprint density at radius 3 is 2.80 bits per heavy atom. The number of hydrogen-bond donors (Lipinski definition) is 1. The molecule has 5 heteroatoms. The Bertz CT molecular complexity index is 563. The van der Waals surface area contributed by atoms with Crippen LogP contribution in [0.1, 0.15) is 24.3 Å². The Balaban J connectivity index is 1.65. The zero-order valence-corrected chi connectivity index (χ0v) is 11.9. The van der Waals surface area contributed by atoms with E-state index in [1.807, 2.05) is 24.3 Å². The number of hydrogen-bond acceptors (Lipinski definition) is 4. The normalized spacial score (nSPS) is 19.1. The van der Waals surface area contributed by atoms with Crippen molar-refractivity contribution >= 4 is 11.6 Å². The molecule has 0 bridgehead atoms. The van der Waals surface area contributed by atoms with Gasteiger partial charge in [-0.1, -0.05) is 23.7 Å². The SMILES string of the molecule is OC1(c2cccc(Cl)c2)CCN(Cc2ncco2)CC1. The zero-order valence-electron chi connectivity index (χ0n) is 11.1. The van der Waals surface area contributed by atoms with Crippen LogP contribution in [0.3, 0.4) is 0 Å². The molecule has 2 heterocycles. The minimum atomic E-state index is -0.780. The summed E-state index contributed by atoms with van der Waals surface area (Å²) in [5.74, 6) is 0.721. The van der Waals surface area contributed by atoms with Gasteiger partial charge in [-0.15, -0.1) is 0 Å². The molecular weight excluding hydrogens is 276 g/mol. The Morgan fingerprint density at radius 1 is 1.35 bits per heavy atom. The molecule has 1 aromatic heterocycles. The van der Waals surface area contributed by atoms with Crippen molar-refractivity contribution in [3.63, 3.8) is 0 Å². The highest BCUT2D eigenvalue weighted by molar-refractivity contribution is 6.30. The van der Waals surface area contributed by atoms with E-state index in [1.165, 1.54) is 0 Å². The van der Waals surface area contributed by atoms with Gasteiger partial charge in [-0.3, -0.25) is 4.90 Å².